The minimum absolute atomic E-state index is 0.231. The van der Waals surface area contributed by atoms with Gasteiger partial charge in [0.15, 0.2) is 0 Å². The van der Waals surface area contributed by atoms with Crippen molar-refractivity contribution in [2.45, 2.75) is 51.0 Å². The molecule has 0 radical (unpaired) electrons. The molecular weight excluding hydrogens is 438 g/mol. The second-order valence-corrected chi connectivity index (χ2v) is 8.22. The highest BCUT2D eigenvalue weighted by Gasteiger charge is 2.31. The first kappa shape index (κ1) is 21.8. The van der Waals surface area contributed by atoms with Gasteiger partial charge in [-0.15, -0.1) is 0 Å². The molecule has 0 aliphatic carbocycles. The third-order valence-electron chi connectivity index (χ3n) is 5.37. The number of nitrogens with zero attached hydrogens (tertiary/aromatic N) is 2. The Morgan fingerprint density at radius 1 is 1.14 bits per heavy atom. The van der Waals surface area contributed by atoms with Crippen LogP contribution in [-0.4, -0.2) is 39.5 Å². The number of amides is 2. The number of imide groups is 1. The highest BCUT2D eigenvalue weighted by Crippen LogP contribution is 2.25. The van der Waals surface area contributed by atoms with Crippen molar-refractivity contribution in [2.75, 3.05) is 18.5 Å². The Kier molecular flexibility index (Phi) is 7.66. The van der Waals surface area contributed by atoms with Crippen molar-refractivity contribution in [3.63, 3.8) is 0 Å². The van der Waals surface area contributed by atoms with Crippen LogP contribution in [0.25, 0.3) is 11.0 Å². The first-order chi connectivity index (χ1) is 14.0. The fraction of sp³-hybridized carbons (Fsp3) is 0.571. The number of nitrogens with one attached hydrogen (secondary N) is 1. The smallest absolute Gasteiger partial charge is 0.329 e. The summed E-state index contributed by atoms with van der Waals surface area (Å²) in [6.07, 6.45) is 5.66. The van der Waals surface area contributed by atoms with Crippen molar-refractivity contribution in [1.29, 1.82) is 0 Å². The third-order valence-corrected chi connectivity index (χ3v) is 5.93. The predicted octanol–water partition coefficient (Wildman–Crippen LogP) is 2.83. The Hall–Kier alpha value is -1.93. The maximum absolute atomic E-state index is 12.9. The maximum Gasteiger partial charge on any atom is 0.329 e. The largest absolute Gasteiger partial charge is 0.381 e. The Bertz CT molecular complexity index is 934. The lowest BCUT2D eigenvalue weighted by Crippen LogP contribution is -2.44. The lowest BCUT2D eigenvalue weighted by atomic mass is 10.0. The highest BCUT2D eigenvalue weighted by atomic mass is 79.9. The van der Waals surface area contributed by atoms with E-state index >= 15 is 0 Å². The Balaban J connectivity index is 1.72. The van der Waals surface area contributed by atoms with Crippen LogP contribution >= 0.6 is 15.9 Å². The molecule has 1 fully saturated rings. The summed E-state index contributed by atoms with van der Waals surface area (Å²) in [5, 5.41) is 3.38. The number of fused-ring (bicyclic) bond motifs is 1. The van der Waals surface area contributed by atoms with E-state index in [0.29, 0.717) is 13.0 Å². The summed E-state index contributed by atoms with van der Waals surface area (Å²) in [6, 6.07) is 5.15. The molecule has 1 atom stereocenters. The van der Waals surface area contributed by atoms with Crippen LogP contribution < -0.4 is 11.0 Å². The Morgan fingerprint density at radius 2 is 1.93 bits per heavy atom. The first-order valence-electron chi connectivity index (χ1n) is 10.2. The van der Waals surface area contributed by atoms with Gasteiger partial charge in [-0.3, -0.25) is 24.0 Å². The quantitative estimate of drug-likeness (QED) is 0.332. The topological polar surface area (TPSA) is 82.3 Å². The second kappa shape index (κ2) is 10.2. The van der Waals surface area contributed by atoms with Crippen LogP contribution in [0.1, 0.15) is 50.1 Å². The molecule has 1 N–H and O–H groups in total. The number of hydrogen-bond donors (Lipinski definition) is 1. The molecule has 8 heteroatoms. The van der Waals surface area contributed by atoms with E-state index < -0.39 is 11.9 Å². The van der Waals surface area contributed by atoms with Gasteiger partial charge in [-0.2, -0.15) is 0 Å². The van der Waals surface area contributed by atoms with Gasteiger partial charge in [0.05, 0.1) is 11.0 Å². The van der Waals surface area contributed by atoms with E-state index in [0.717, 1.165) is 47.8 Å². The molecule has 2 heterocycles. The van der Waals surface area contributed by atoms with E-state index in [-0.39, 0.29) is 18.0 Å². The summed E-state index contributed by atoms with van der Waals surface area (Å²) in [5.74, 6) is -0.693. The van der Waals surface area contributed by atoms with Gasteiger partial charge < -0.3 is 4.74 Å². The Morgan fingerprint density at radius 3 is 2.69 bits per heavy atom. The van der Waals surface area contributed by atoms with Crippen LogP contribution in [0.5, 0.6) is 0 Å². The van der Waals surface area contributed by atoms with Crippen molar-refractivity contribution in [3.05, 3.63) is 34.2 Å². The monoisotopic (exact) mass is 465 g/mol. The second-order valence-electron chi connectivity index (χ2n) is 7.43. The summed E-state index contributed by atoms with van der Waals surface area (Å²) in [5.41, 5.74) is 2.42. The molecule has 1 unspecified atom stereocenters. The van der Waals surface area contributed by atoms with Gasteiger partial charge in [-0.25, -0.2) is 4.79 Å². The average Bonchev–Trinajstić information content (AvgIpc) is 2.95. The number of unbranched alkanes of at least 4 members (excludes halogenated alkanes) is 2. The molecule has 3 rings (SSSR count). The molecule has 1 aromatic heterocycles. The van der Waals surface area contributed by atoms with Crippen LogP contribution in [0.4, 0.5) is 0 Å². The number of aryl methyl sites for hydroxylation is 2. The molecular formula is C21H28BrN3O4. The highest BCUT2D eigenvalue weighted by molar-refractivity contribution is 9.09. The minimum atomic E-state index is -0.651. The molecule has 1 aromatic carbocycles. The number of aromatic nitrogens is 2. The minimum Gasteiger partial charge on any atom is -0.381 e. The molecule has 1 aliphatic rings. The van der Waals surface area contributed by atoms with Gasteiger partial charge in [0.2, 0.25) is 11.8 Å². The number of carbonyl (C=O) groups is 2. The SMILES string of the molecule is Cn1c(=O)n(C2CCC(=O)NC2=O)c2cccc(CCCOCCCCCBr)c21. The van der Waals surface area contributed by atoms with Gasteiger partial charge in [0.1, 0.15) is 6.04 Å². The van der Waals surface area contributed by atoms with Crippen molar-refractivity contribution in [1.82, 2.24) is 14.5 Å². The van der Waals surface area contributed by atoms with Crippen LogP contribution in [0.2, 0.25) is 0 Å². The molecule has 1 aliphatic heterocycles. The number of alkyl halides is 1. The molecule has 1 saturated heterocycles. The zero-order valence-electron chi connectivity index (χ0n) is 16.8. The van der Waals surface area contributed by atoms with Crippen molar-refractivity contribution >= 4 is 38.8 Å². The number of rotatable bonds is 10. The lowest BCUT2D eigenvalue weighted by molar-refractivity contribution is -0.135. The fourth-order valence-corrected chi connectivity index (χ4v) is 4.29. The van der Waals surface area contributed by atoms with Crippen LogP contribution in [-0.2, 0) is 27.8 Å². The number of benzene rings is 1. The van der Waals surface area contributed by atoms with E-state index in [1.165, 1.54) is 17.4 Å². The molecule has 2 aromatic rings. The van der Waals surface area contributed by atoms with E-state index in [2.05, 4.69) is 21.2 Å². The molecule has 29 heavy (non-hydrogen) atoms. The zero-order valence-corrected chi connectivity index (χ0v) is 18.4. The van der Waals surface area contributed by atoms with Crippen LogP contribution in [0.15, 0.2) is 23.0 Å². The number of halogens is 1. The normalized spacial score (nSPS) is 17.1. The van der Waals surface area contributed by atoms with E-state index in [9.17, 15) is 14.4 Å². The Labute approximate surface area is 178 Å². The predicted molar refractivity (Wildman–Crippen MR) is 115 cm³/mol. The molecule has 0 bridgehead atoms. The molecule has 7 nitrogen and oxygen atoms in total. The van der Waals surface area contributed by atoms with Crippen molar-refractivity contribution < 1.29 is 14.3 Å². The number of para-hydroxylation sites is 1. The van der Waals surface area contributed by atoms with Gasteiger partial charge >= 0.3 is 5.69 Å². The van der Waals surface area contributed by atoms with Gasteiger partial charge in [0, 0.05) is 32.0 Å². The summed E-state index contributed by atoms with van der Waals surface area (Å²) in [7, 11) is 1.73. The number of piperidine rings is 1. The molecule has 158 valence electrons. The molecule has 2 amide bonds. The number of carbonyl (C=O) groups excluding carboxylic acids is 2. The van der Waals surface area contributed by atoms with Gasteiger partial charge in [-0.05, 0) is 43.7 Å². The molecule has 0 spiro atoms. The van der Waals surface area contributed by atoms with Gasteiger partial charge in [0.25, 0.3) is 0 Å². The van der Waals surface area contributed by atoms with E-state index in [1.807, 2.05) is 18.2 Å². The summed E-state index contributed by atoms with van der Waals surface area (Å²) >= 11 is 3.43. The first-order valence-corrected chi connectivity index (χ1v) is 11.3. The van der Waals surface area contributed by atoms with E-state index in [4.69, 9.17) is 4.74 Å². The summed E-state index contributed by atoms with van der Waals surface area (Å²) in [4.78, 5) is 36.7. The lowest BCUT2D eigenvalue weighted by Gasteiger charge is -2.21. The van der Waals surface area contributed by atoms with Crippen molar-refractivity contribution in [3.8, 4) is 0 Å². The van der Waals surface area contributed by atoms with Gasteiger partial charge in [-0.1, -0.05) is 34.5 Å². The number of ether oxygens (including phenoxy) is 1. The summed E-state index contributed by atoms with van der Waals surface area (Å²) in [6.45, 7) is 1.47. The average molecular weight is 466 g/mol. The van der Waals surface area contributed by atoms with Crippen molar-refractivity contribution in [2.24, 2.45) is 7.05 Å². The third kappa shape index (κ3) is 4.98. The standard InChI is InChI=1S/C21H28BrN3O4/c1-24-19-15(8-6-14-29-13-4-2-3-12-22)7-5-9-16(19)25(21(24)28)17-10-11-18(26)23-20(17)27/h5,7,9,17H,2-4,6,8,10-14H2,1H3,(H,23,26,27). The number of imidazole rings is 1. The molecule has 0 saturated carbocycles. The fourth-order valence-electron chi connectivity index (χ4n) is 3.89. The van der Waals surface area contributed by atoms with Crippen LogP contribution in [0.3, 0.4) is 0 Å². The zero-order chi connectivity index (χ0) is 20.8. The van der Waals surface area contributed by atoms with Crippen LogP contribution in [0, 0.1) is 0 Å². The van der Waals surface area contributed by atoms with E-state index in [1.54, 1.807) is 11.6 Å². The maximum atomic E-state index is 12.9. The number of hydrogen-bond acceptors (Lipinski definition) is 4. The summed E-state index contributed by atoms with van der Waals surface area (Å²) < 4.78 is 8.85.